The Morgan fingerprint density at radius 2 is 1.57 bits per heavy atom. The highest BCUT2D eigenvalue weighted by atomic mass is 79.9. The first-order valence-corrected chi connectivity index (χ1v) is 6.36. The molecular formula is C14H6BrF5O. The van der Waals surface area contributed by atoms with Gasteiger partial charge in [0.2, 0.25) is 0 Å². The Kier molecular flexibility index (Phi) is 4.13. The average Bonchev–Trinajstić information content (AvgIpc) is 2.37. The van der Waals surface area contributed by atoms with Gasteiger partial charge in [-0.1, -0.05) is 22.0 Å². The molecule has 21 heavy (non-hydrogen) atoms. The minimum atomic E-state index is -4.82. The van der Waals surface area contributed by atoms with E-state index < -0.39 is 40.3 Å². The summed E-state index contributed by atoms with van der Waals surface area (Å²) in [5.74, 6) is -3.78. The van der Waals surface area contributed by atoms with Crippen molar-refractivity contribution in [2.45, 2.75) is 6.18 Å². The standard InChI is InChI=1S/C14H6BrF5O/c15-7-4-5-8(9(6-7)14(18,19)20)13(21)12-10(16)2-1-3-11(12)17/h1-6H. The lowest BCUT2D eigenvalue weighted by Crippen LogP contribution is -2.16. The Labute approximate surface area is 124 Å². The Morgan fingerprint density at radius 1 is 1.00 bits per heavy atom. The van der Waals surface area contributed by atoms with Crippen molar-refractivity contribution in [3.8, 4) is 0 Å². The largest absolute Gasteiger partial charge is 0.417 e. The summed E-state index contributed by atoms with van der Waals surface area (Å²) < 4.78 is 66.0. The highest BCUT2D eigenvalue weighted by molar-refractivity contribution is 9.10. The number of benzene rings is 2. The van der Waals surface area contributed by atoms with Gasteiger partial charge in [0.25, 0.3) is 0 Å². The molecule has 110 valence electrons. The molecule has 0 bridgehead atoms. The van der Waals surface area contributed by atoms with Gasteiger partial charge in [0, 0.05) is 10.0 Å². The summed E-state index contributed by atoms with van der Waals surface area (Å²) in [5.41, 5.74) is -3.08. The van der Waals surface area contributed by atoms with E-state index in [0.29, 0.717) is 6.07 Å². The fourth-order valence-corrected chi connectivity index (χ4v) is 2.16. The maximum absolute atomic E-state index is 13.5. The monoisotopic (exact) mass is 364 g/mol. The van der Waals surface area contributed by atoms with Gasteiger partial charge in [-0.15, -0.1) is 0 Å². The molecule has 0 spiro atoms. The number of hydrogen-bond donors (Lipinski definition) is 0. The lowest BCUT2D eigenvalue weighted by Gasteiger charge is -2.13. The topological polar surface area (TPSA) is 17.1 Å². The van der Waals surface area contributed by atoms with E-state index in [4.69, 9.17) is 0 Å². The third kappa shape index (κ3) is 3.12. The van der Waals surface area contributed by atoms with Gasteiger partial charge >= 0.3 is 6.18 Å². The van der Waals surface area contributed by atoms with Crippen molar-refractivity contribution in [1.82, 2.24) is 0 Å². The van der Waals surface area contributed by atoms with Gasteiger partial charge in [0.05, 0.1) is 11.1 Å². The van der Waals surface area contributed by atoms with Crippen molar-refractivity contribution in [3.05, 3.63) is 69.2 Å². The van der Waals surface area contributed by atoms with Crippen molar-refractivity contribution in [2.24, 2.45) is 0 Å². The molecule has 0 aliphatic heterocycles. The number of ketones is 1. The minimum Gasteiger partial charge on any atom is -0.288 e. The summed E-state index contributed by atoms with van der Waals surface area (Å²) in [6.45, 7) is 0. The molecule has 0 aliphatic rings. The summed E-state index contributed by atoms with van der Waals surface area (Å²) in [7, 11) is 0. The molecule has 7 heteroatoms. The van der Waals surface area contributed by atoms with Crippen LogP contribution in [0.1, 0.15) is 21.5 Å². The summed E-state index contributed by atoms with van der Waals surface area (Å²) in [6, 6.07) is 5.40. The Hall–Kier alpha value is -1.76. The van der Waals surface area contributed by atoms with Gasteiger partial charge in [-0.2, -0.15) is 13.2 Å². The molecule has 1 nitrogen and oxygen atoms in total. The normalized spacial score (nSPS) is 11.5. The van der Waals surface area contributed by atoms with Crippen LogP contribution in [0.3, 0.4) is 0 Å². The molecule has 0 aliphatic carbocycles. The van der Waals surface area contributed by atoms with E-state index in [9.17, 15) is 26.7 Å². The molecule has 0 radical (unpaired) electrons. The Balaban J connectivity index is 2.65. The van der Waals surface area contributed by atoms with Gasteiger partial charge < -0.3 is 0 Å². The number of carbonyl (C=O) groups excluding carboxylic acids is 1. The van der Waals surface area contributed by atoms with E-state index in [1.54, 1.807) is 0 Å². The molecule has 0 aromatic heterocycles. The quantitative estimate of drug-likeness (QED) is 0.542. The predicted octanol–water partition coefficient (Wildman–Crippen LogP) is 4.98. The molecule has 2 rings (SSSR count). The predicted molar refractivity (Wildman–Crippen MR) is 68.9 cm³/mol. The zero-order valence-corrected chi connectivity index (χ0v) is 11.7. The van der Waals surface area contributed by atoms with Gasteiger partial charge in [-0.25, -0.2) is 8.78 Å². The first-order valence-electron chi connectivity index (χ1n) is 5.57. The van der Waals surface area contributed by atoms with Crippen LogP contribution in [0.15, 0.2) is 40.9 Å². The molecule has 0 saturated heterocycles. The minimum absolute atomic E-state index is 0.0976. The highest BCUT2D eigenvalue weighted by Gasteiger charge is 2.36. The second-order valence-corrected chi connectivity index (χ2v) is 5.03. The fraction of sp³-hybridized carbons (Fsp3) is 0.0714. The molecule has 0 saturated carbocycles. The highest BCUT2D eigenvalue weighted by Crippen LogP contribution is 2.35. The summed E-state index contributed by atoms with van der Waals surface area (Å²) in [6.07, 6.45) is -4.82. The third-order valence-electron chi connectivity index (χ3n) is 2.72. The van der Waals surface area contributed by atoms with Gasteiger partial charge in [-0.3, -0.25) is 4.79 Å². The van der Waals surface area contributed by atoms with Crippen LogP contribution >= 0.6 is 15.9 Å². The molecule has 0 atom stereocenters. The van der Waals surface area contributed by atoms with E-state index in [1.165, 1.54) is 6.07 Å². The lowest BCUT2D eigenvalue weighted by molar-refractivity contribution is -0.137. The summed E-state index contributed by atoms with van der Waals surface area (Å²) in [4.78, 5) is 12.1. The van der Waals surface area contributed by atoms with Crippen molar-refractivity contribution in [2.75, 3.05) is 0 Å². The van der Waals surface area contributed by atoms with E-state index >= 15 is 0 Å². The molecule has 2 aromatic rings. The summed E-state index contributed by atoms with van der Waals surface area (Å²) >= 11 is 2.86. The van der Waals surface area contributed by atoms with Crippen LogP contribution in [0.2, 0.25) is 0 Å². The van der Waals surface area contributed by atoms with Crippen LogP contribution in [-0.2, 0) is 6.18 Å². The second-order valence-electron chi connectivity index (χ2n) is 4.11. The molecule has 0 amide bonds. The van der Waals surface area contributed by atoms with Gasteiger partial charge in [0.1, 0.15) is 11.6 Å². The van der Waals surface area contributed by atoms with Crippen LogP contribution in [-0.4, -0.2) is 5.78 Å². The molecule has 0 N–H and O–H groups in total. The van der Waals surface area contributed by atoms with Crippen molar-refractivity contribution in [1.29, 1.82) is 0 Å². The zero-order chi connectivity index (χ0) is 15.8. The van der Waals surface area contributed by atoms with Crippen LogP contribution in [0.4, 0.5) is 22.0 Å². The van der Waals surface area contributed by atoms with Crippen LogP contribution < -0.4 is 0 Å². The maximum Gasteiger partial charge on any atom is 0.417 e. The molecule has 2 aromatic carbocycles. The van der Waals surface area contributed by atoms with Crippen molar-refractivity contribution in [3.63, 3.8) is 0 Å². The van der Waals surface area contributed by atoms with E-state index in [2.05, 4.69) is 15.9 Å². The first-order chi connectivity index (χ1) is 9.71. The third-order valence-corrected chi connectivity index (χ3v) is 3.21. The SMILES string of the molecule is O=C(c1ccc(Br)cc1C(F)(F)F)c1c(F)cccc1F. The zero-order valence-electron chi connectivity index (χ0n) is 10.1. The van der Waals surface area contributed by atoms with Crippen molar-refractivity contribution < 1.29 is 26.7 Å². The van der Waals surface area contributed by atoms with Crippen molar-refractivity contribution >= 4 is 21.7 Å². The first kappa shape index (κ1) is 15.6. The number of carbonyl (C=O) groups is 1. The Bertz CT molecular complexity index is 689. The number of rotatable bonds is 2. The van der Waals surface area contributed by atoms with E-state index in [0.717, 1.165) is 24.3 Å². The Morgan fingerprint density at radius 3 is 2.10 bits per heavy atom. The van der Waals surface area contributed by atoms with Crippen LogP contribution in [0.25, 0.3) is 0 Å². The lowest BCUT2D eigenvalue weighted by atomic mass is 9.97. The van der Waals surface area contributed by atoms with Crippen LogP contribution in [0, 0.1) is 11.6 Å². The molecule has 0 unspecified atom stereocenters. The fourth-order valence-electron chi connectivity index (χ4n) is 1.80. The summed E-state index contributed by atoms with van der Waals surface area (Å²) in [5, 5.41) is 0. The van der Waals surface area contributed by atoms with E-state index in [-0.39, 0.29) is 4.47 Å². The van der Waals surface area contributed by atoms with Crippen LogP contribution in [0.5, 0.6) is 0 Å². The van der Waals surface area contributed by atoms with Gasteiger partial charge in [-0.05, 0) is 30.3 Å². The van der Waals surface area contributed by atoms with E-state index in [1.807, 2.05) is 0 Å². The number of alkyl halides is 3. The molecule has 0 fully saturated rings. The smallest absolute Gasteiger partial charge is 0.288 e. The average molecular weight is 365 g/mol. The number of halogens is 6. The second kappa shape index (κ2) is 5.55. The molecular weight excluding hydrogens is 359 g/mol. The molecule has 0 heterocycles. The maximum atomic E-state index is 13.5. The van der Waals surface area contributed by atoms with Gasteiger partial charge in [0.15, 0.2) is 5.78 Å². The number of hydrogen-bond acceptors (Lipinski definition) is 1.